The van der Waals surface area contributed by atoms with Crippen molar-refractivity contribution in [2.45, 2.75) is 0 Å². The van der Waals surface area contributed by atoms with Crippen LogP contribution in [0.15, 0.2) is 59.2 Å². The molecule has 1 aliphatic rings. The Morgan fingerprint density at radius 1 is 1.04 bits per heavy atom. The zero-order valence-corrected chi connectivity index (χ0v) is 13.7. The molecular formula is C19H15NO5. The molecule has 0 aromatic heterocycles. The molecular weight excluding hydrogens is 322 g/mol. The molecule has 0 radical (unpaired) electrons. The largest absolute Gasteiger partial charge is 0.497 e. The van der Waals surface area contributed by atoms with Crippen molar-refractivity contribution in [3.8, 4) is 5.75 Å². The minimum Gasteiger partial charge on any atom is -0.497 e. The van der Waals surface area contributed by atoms with Gasteiger partial charge in [-0.05, 0) is 48.0 Å². The highest BCUT2D eigenvalue weighted by molar-refractivity contribution is 6.12. The van der Waals surface area contributed by atoms with E-state index in [0.717, 1.165) is 5.56 Å². The van der Waals surface area contributed by atoms with Gasteiger partial charge in [-0.25, -0.2) is 14.6 Å². The lowest BCUT2D eigenvalue weighted by Crippen LogP contribution is -2.05. The zero-order valence-electron chi connectivity index (χ0n) is 13.7. The molecule has 0 aliphatic carbocycles. The van der Waals surface area contributed by atoms with Gasteiger partial charge < -0.3 is 14.2 Å². The standard InChI is InChI=1S/C19H15NO5/c1-23-15-9-7-13(8-10-15)17-20-16(19(22)25-17)11-12-3-5-14(6-4-12)18(21)24-2/h3-11H,1-2H3. The highest BCUT2D eigenvalue weighted by Crippen LogP contribution is 2.21. The van der Waals surface area contributed by atoms with E-state index in [9.17, 15) is 9.59 Å². The van der Waals surface area contributed by atoms with Gasteiger partial charge in [0.25, 0.3) is 0 Å². The molecule has 6 heteroatoms. The van der Waals surface area contributed by atoms with Crippen molar-refractivity contribution in [1.29, 1.82) is 0 Å². The summed E-state index contributed by atoms with van der Waals surface area (Å²) in [5.41, 5.74) is 2.02. The van der Waals surface area contributed by atoms with Crippen molar-refractivity contribution in [2.75, 3.05) is 14.2 Å². The molecule has 0 saturated carbocycles. The fourth-order valence-electron chi connectivity index (χ4n) is 2.26. The zero-order chi connectivity index (χ0) is 17.8. The number of hydrogen-bond donors (Lipinski definition) is 0. The smallest absolute Gasteiger partial charge is 0.363 e. The number of methoxy groups -OCH3 is 2. The van der Waals surface area contributed by atoms with Gasteiger partial charge in [0.2, 0.25) is 5.90 Å². The Hall–Kier alpha value is -3.41. The van der Waals surface area contributed by atoms with E-state index in [1.807, 2.05) is 0 Å². The average molecular weight is 337 g/mol. The quantitative estimate of drug-likeness (QED) is 0.633. The second kappa shape index (κ2) is 7.00. The van der Waals surface area contributed by atoms with Crippen LogP contribution in [0.25, 0.3) is 6.08 Å². The van der Waals surface area contributed by atoms with Gasteiger partial charge in [-0.15, -0.1) is 0 Å². The number of hydrogen-bond acceptors (Lipinski definition) is 6. The second-order valence-corrected chi connectivity index (χ2v) is 5.18. The molecule has 3 rings (SSSR count). The number of benzene rings is 2. The van der Waals surface area contributed by atoms with E-state index in [1.54, 1.807) is 61.7 Å². The average Bonchev–Trinajstić information content (AvgIpc) is 3.02. The molecule has 2 aromatic carbocycles. The van der Waals surface area contributed by atoms with Crippen LogP contribution in [0.1, 0.15) is 21.5 Å². The minimum absolute atomic E-state index is 0.191. The monoisotopic (exact) mass is 337 g/mol. The van der Waals surface area contributed by atoms with Crippen LogP contribution in [0.5, 0.6) is 5.75 Å². The summed E-state index contributed by atoms with van der Waals surface area (Å²) in [6, 6.07) is 13.7. The third-order valence-electron chi connectivity index (χ3n) is 3.59. The van der Waals surface area contributed by atoms with Crippen LogP contribution in [0, 0.1) is 0 Å². The number of ether oxygens (including phenoxy) is 3. The van der Waals surface area contributed by atoms with Gasteiger partial charge in [-0.3, -0.25) is 0 Å². The molecule has 0 saturated heterocycles. The van der Waals surface area contributed by atoms with E-state index < -0.39 is 11.9 Å². The predicted molar refractivity (Wildman–Crippen MR) is 91.4 cm³/mol. The molecule has 0 bridgehead atoms. The van der Waals surface area contributed by atoms with Crippen molar-refractivity contribution in [1.82, 2.24) is 0 Å². The molecule has 0 atom stereocenters. The summed E-state index contributed by atoms with van der Waals surface area (Å²) in [4.78, 5) is 27.7. The summed E-state index contributed by atoms with van der Waals surface area (Å²) in [5, 5.41) is 0. The first kappa shape index (κ1) is 16.4. The normalized spacial score (nSPS) is 14.9. The van der Waals surface area contributed by atoms with E-state index in [4.69, 9.17) is 9.47 Å². The van der Waals surface area contributed by atoms with Gasteiger partial charge in [-0.2, -0.15) is 0 Å². The summed E-state index contributed by atoms with van der Waals surface area (Å²) >= 11 is 0. The Bertz CT molecular complexity index is 864. The second-order valence-electron chi connectivity index (χ2n) is 5.18. The van der Waals surface area contributed by atoms with Crippen LogP contribution in [0.4, 0.5) is 0 Å². The van der Waals surface area contributed by atoms with Crippen molar-refractivity contribution in [3.63, 3.8) is 0 Å². The number of rotatable bonds is 4. The van der Waals surface area contributed by atoms with Gasteiger partial charge in [0.1, 0.15) is 5.75 Å². The lowest BCUT2D eigenvalue weighted by molar-refractivity contribution is -0.129. The van der Waals surface area contributed by atoms with E-state index in [2.05, 4.69) is 9.73 Å². The first-order valence-corrected chi connectivity index (χ1v) is 7.46. The van der Waals surface area contributed by atoms with E-state index in [-0.39, 0.29) is 11.6 Å². The Morgan fingerprint density at radius 3 is 2.32 bits per heavy atom. The fraction of sp³-hybridized carbons (Fsp3) is 0.105. The SMILES string of the molecule is COC(=O)c1ccc(C=C2N=C(c3ccc(OC)cc3)OC2=O)cc1. The van der Waals surface area contributed by atoms with Crippen LogP contribution in [-0.2, 0) is 14.3 Å². The first-order valence-electron chi connectivity index (χ1n) is 7.46. The maximum atomic E-state index is 12.0. The van der Waals surface area contributed by atoms with Crippen LogP contribution < -0.4 is 4.74 Å². The Kier molecular flexibility index (Phi) is 4.61. The third-order valence-corrected chi connectivity index (χ3v) is 3.59. The molecule has 1 aliphatic heterocycles. The molecule has 0 amide bonds. The van der Waals surface area contributed by atoms with E-state index >= 15 is 0 Å². The summed E-state index contributed by atoms with van der Waals surface area (Å²) in [6.45, 7) is 0. The Labute approximate surface area is 144 Å². The fourth-order valence-corrected chi connectivity index (χ4v) is 2.26. The first-order chi connectivity index (χ1) is 12.1. The topological polar surface area (TPSA) is 74.2 Å². The molecule has 6 nitrogen and oxygen atoms in total. The minimum atomic E-state index is -0.525. The van der Waals surface area contributed by atoms with Gasteiger partial charge in [0.15, 0.2) is 5.70 Å². The molecule has 126 valence electrons. The maximum absolute atomic E-state index is 12.0. The number of carbonyl (C=O) groups is 2. The molecule has 0 unspecified atom stereocenters. The summed E-state index contributed by atoms with van der Waals surface area (Å²) < 4.78 is 15.0. The van der Waals surface area contributed by atoms with E-state index in [0.29, 0.717) is 16.9 Å². The lowest BCUT2D eigenvalue weighted by atomic mass is 10.1. The van der Waals surface area contributed by atoms with Gasteiger partial charge in [-0.1, -0.05) is 12.1 Å². The summed E-state index contributed by atoms with van der Waals surface area (Å²) in [6.07, 6.45) is 1.60. The Morgan fingerprint density at radius 2 is 1.72 bits per heavy atom. The van der Waals surface area contributed by atoms with Gasteiger partial charge >= 0.3 is 11.9 Å². The number of aliphatic imine (C=N–C) groups is 1. The summed E-state index contributed by atoms with van der Waals surface area (Å²) in [5.74, 6) is 0.00220. The molecule has 25 heavy (non-hydrogen) atoms. The number of nitrogens with zero attached hydrogens (tertiary/aromatic N) is 1. The Balaban J connectivity index is 1.83. The van der Waals surface area contributed by atoms with Gasteiger partial charge in [0.05, 0.1) is 19.8 Å². The number of cyclic esters (lactones) is 1. The van der Waals surface area contributed by atoms with Crippen LogP contribution in [0.2, 0.25) is 0 Å². The van der Waals surface area contributed by atoms with Crippen molar-refractivity contribution in [2.24, 2.45) is 4.99 Å². The molecule has 0 fully saturated rings. The molecule has 0 N–H and O–H groups in total. The molecule has 1 heterocycles. The number of carbonyl (C=O) groups excluding carboxylic acids is 2. The predicted octanol–water partition coefficient (Wildman–Crippen LogP) is 2.83. The third kappa shape index (κ3) is 3.58. The number of esters is 2. The van der Waals surface area contributed by atoms with Gasteiger partial charge in [0, 0.05) is 5.56 Å². The summed E-state index contributed by atoms with van der Waals surface area (Å²) in [7, 11) is 2.90. The van der Waals surface area contributed by atoms with Crippen LogP contribution in [0.3, 0.4) is 0 Å². The van der Waals surface area contributed by atoms with Crippen LogP contribution in [-0.4, -0.2) is 32.1 Å². The highest BCUT2D eigenvalue weighted by Gasteiger charge is 2.24. The molecule has 2 aromatic rings. The van der Waals surface area contributed by atoms with E-state index in [1.165, 1.54) is 7.11 Å². The van der Waals surface area contributed by atoms with Crippen LogP contribution >= 0.6 is 0 Å². The van der Waals surface area contributed by atoms with Crippen molar-refractivity contribution < 1.29 is 23.8 Å². The lowest BCUT2D eigenvalue weighted by Gasteiger charge is -2.01. The van der Waals surface area contributed by atoms with Crippen molar-refractivity contribution in [3.05, 3.63) is 70.9 Å². The van der Waals surface area contributed by atoms with Crippen molar-refractivity contribution >= 4 is 23.9 Å². The molecule has 0 spiro atoms. The highest BCUT2D eigenvalue weighted by atomic mass is 16.6. The maximum Gasteiger partial charge on any atom is 0.363 e.